The third kappa shape index (κ3) is 6.95. The zero-order valence-electron chi connectivity index (χ0n) is 11.0. The molecule has 2 atom stereocenters. The molecule has 1 saturated heterocycles. The van der Waals surface area contributed by atoms with E-state index in [-0.39, 0.29) is 0 Å². The van der Waals surface area contributed by atoms with Crippen LogP contribution in [0.3, 0.4) is 0 Å². The molecule has 5 heteroatoms. The van der Waals surface area contributed by atoms with Crippen LogP contribution in [0.2, 0.25) is 0 Å². The van der Waals surface area contributed by atoms with E-state index < -0.39 is 6.10 Å². The van der Waals surface area contributed by atoms with E-state index in [4.69, 9.17) is 9.47 Å². The standard InChI is InChI=1S/C12H26N2O3/c1-14(8-11-4-3-5-13-11)9-12(15)10-17-7-6-16-2/h11-13,15H,3-10H2,1-2H3. The molecule has 0 aromatic heterocycles. The van der Waals surface area contributed by atoms with Crippen LogP contribution in [0.5, 0.6) is 0 Å². The van der Waals surface area contributed by atoms with Gasteiger partial charge >= 0.3 is 0 Å². The van der Waals surface area contributed by atoms with Gasteiger partial charge in [0.1, 0.15) is 0 Å². The van der Waals surface area contributed by atoms with E-state index in [1.165, 1.54) is 12.8 Å². The van der Waals surface area contributed by atoms with Crippen LogP contribution in [0.25, 0.3) is 0 Å². The molecule has 0 bridgehead atoms. The number of ether oxygens (including phenoxy) is 2. The van der Waals surface area contributed by atoms with Crippen molar-refractivity contribution in [1.29, 1.82) is 0 Å². The highest BCUT2D eigenvalue weighted by molar-refractivity contribution is 4.77. The summed E-state index contributed by atoms with van der Waals surface area (Å²) in [6, 6.07) is 0.585. The maximum atomic E-state index is 9.76. The summed E-state index contributed by atoms with van der Waals surface area (Å²) in [5, 5.41) is 13.2. The Bertz CT molecular complexity index is 187. The Morgan fingerprint density at radius 3 is 2.94 bits per heavy atom. The quantitative estimate of drug-likeness (QED) is 0.547. The molecule has 0 aromatic carbocycles. The zero-order valence-corrected chi connectivity index (χ0v) is 11.0. The monoisotopic (exact) mass is 246 g/mol. The zero-order chi connectivity index (χ0) is 12.5. The minimum atomic E-state index is -0.418. The Balaban J connectivity index is 2.01. The molecule has 17 heavy (non-hydrogen) atoms. The van der Waals surface area contributed by atoms with E-state index in [9.17, 15) is 5.11 Å². The Labute approximate surface area is 104 Å². The van der Waals surface area contributed by atoms with E-state index >= 15 is 0 Å². The summed E-state index contributed by atoms with van der Waals surface area (Å²) in [7, 11) is 3.68. The van der Waals surface area contributed by atoms with Crippen LogP contribution in [0.1, 0.15) is 12.8 Å². The van der Waals surface area contributed by atoms with Crippen molar-refractivity contribution >= 4 is 0 Å². The van der Waals surface area contributed by atoms with E-state index in [0.29, 0.717) is 32.4 Å². The fourth-order valence-corrected chi connectivity index (χ4v) is 2.14. The molecular weight excluding hydrogens is 220 g/mol. The number of methoxy groups -OCH3 is 1. The van der Waals surface area contributed by atoms with Gasteiger partial charge in [0.15, 0.2) is 0 Å². The smallest absolute Gasteiger partial charge is 0.0900 e. The van der Waals surface area contributed by atoms with E-state index in [2.05, 4.69) is 10.2 Å². The Morgan fingerprint density at radius 2 is 2.29 bits per heavy atom. The lowest BCUT2D eigenvalue weighted by Crippen LogP contribution is -2.40. The second-order valence-electron chi connectivity index (χ2n) is 4.74. The van der Waals surface area contributed by atoms with Crippen LogP contribution in [0.15, 0.2) is 0 Å². The minimum absolute atomic E-state index is 0.381. The number of aliphatic hydroxyl groups excluding tert-OH is 1. The Kier molecular flexibility index (Phi) is 7.72. The summed E-state index contributed by atoms with van der Waals surface area (Å²) < 4.78 is 10.2. The van der Waals surface area contributed by atoms with Crippen molar-refractivity contribution in [2.45, 2.75) is 25.0 Å². The molecule has 0 spiro atoms. The third-order valence-corrected chi connectivity index (χ3v) is 2.96. The van der Waals surface area contributed by atoms with Crippen molar-refractivity contribution in [3.8, 4) is 0 Å². The topological polar surface area (TPSA) is 54.0 Å². The van der Waals surface area contributed by atoms with Gasteiger partial charge in [-0.05, 0) is 26.4 Å². The Morgan fingerprint density at radius 1 is 1.47 bits per heavy atom. The number of aliphatic hydroxyl groups is 1. The van der Waals surface area contributed by atoms with Crippen LogP contribution >= 0.6 is 0 Å². The molecule has 0 amide bonds. The molecule has 1 heterocycles. The lowest BCUT2D eigenvalue weighted by atomic mass is 10.2. The molecule has 1 aliphatic heterocycles. The number of nitrogens with one attached hydrogen (secondary N) is 1. The molecule has 0 radical (unpaired) electrons. The number of hydrogen-bond donors (Lipinski definition) is 2. The lowest BCUT2D eigenvalue weighted by molar-refractivity contribution is 0.00176. The first-order chi connectivity index (χ1) is 8.22. The summed E-state index contributed by atoms with van der Waals surface area (Å²) in [6.45, 7) is 4.28. The summed E-state index contributed by atoms with van der Waals surface area (Å²) in [4.78, 5) is 2.16. The summed E-state index contributed by atoms with van der Waals surface area (Å²) in [5.41, 5.74) is 0. The van der Waals surface area contributed by atoms with Gasteiger partial charge < -0.3 is 24.8 Å². The third-order valence-electron chi connectivity index (χ3n) is 2.96. The van der Waals surface area contributed by atoms with Gasteiger partial charge in [-0.3, -0.25) is 0 Å². The summed E-state index contributed by atoms with van der Waals surface area (Å²) in [6.07, 6.45) is 2.09. The predicted molar refractivity (Wildman–Crippen MR) is 67.2 cm³/mol. The van der Waals surface area contributed by atoms with Crippen LogP contribution in [-0.4, -0.2) is 75.8 Å². The molecule has 2 N–H and O–H groups in total. The van der Waals surface area contributed by atoms with Crippen molar-refractivity contribution in [3.63, 3.8) is 0 Å². The SMILES string of the molecule is COCCOCC(O)CN(C)CC1CCCN1. The molecule has 102 valence electrons. The van der Waals surface area contributed by atoms with Crippen LogP contribution in [-0.2, 0) is 9.47 Å². The van der Waals surface area contributed by atoms with Gasteiger partial charge in [-0.25, -0.2) is 0 Å². The molecule has 2 unspecified atom stereocenters. The molecule has 0 aliphatic carbocycles. The second kappa shape index (κ2) is 8.83. The first-order valence-electron chi connectivity index (χ1n) is 6.39. The lowest BCUT2D eigenvalue weighted by Gasteiger charge is -2.23. The molecule has 1 fully saturated rings. The van der Waals surface area contributed by atoms with Gasteiger partial charge in [-0.1, -0.05) is 0 Å². The fraction of sp³-hybridized carbons (Fsp3) is 1.00. The predicted octanol–water partition coefficient (Wildman–Crippen LogP) is -0.306. The van der Waals surface area contributed by atoms with E-state index in [1.807, 2.05) is 7.05 Å². The van der Waals surface area contributed by atoms with Crippen molar-refractivity contribution < 1.29 is 14.6 Å². The van der Waals surface area contributed by atoms with Gasteiger partial charge in [-0.2, -0.15) is 0 Å². The van der Waals surface area contributed by atoms with Gasteiger partial charge in [0, 0.05) is 26.2 Å². The fourth-order valence-electron chi connectivity index (χ4n) is 2.14. The molecule has 1 rings (SSSR count). The molecule has 0 aromatic rings. The van der Waals surface area contributed by atoms with E-state index in [1.54, 1.807) is 7.11 Å². The molecule has 0 saturated carbocycles. The highest BCUT2D eigenvalue weighted by atomic mass is 16.5. The first-order valence-corrected chi connectivity index (χ1v) is 6.39. The average molecular weight is 246 g/mol. The first kappa shape index (κ1) is 14.9. The number of likely N-dealkylation sites (N-methyl/N-ethyl adjacent to an activating group) is 1. The van der Waals surface area contributed by atoms with Crippen molar-refractivity contribution in [1.82, 2.24) is 10.2 Å². The highest BCUT2D eigenvalue weighted by Crippen LogP contribution is 2.06. The minimum Gasteiger partial charge on any atom is -0.389 e. The van der Waals surface area contributed by atoms with Crippen LogP contribution in [0.4, 0.5) is 0 Å². The molecule has 1 aliphatic rings. The average Bonchev–Trinajstić information content (AvgIpc) is 2.77. The van der Waals surface area contributed by atoms with Gasteiger partial charge in [0.05, 0.1) is 25.9 Å². The number of hydrogen-bond acceptors (Lipinski definition) is 5. The maximum absolute atomic E-state index is 9.76. The second-order valence-corrected chi connectivity index (χ2v) is 4.74. The largest absolute Gasteiger partial charge is 0.389 e. The molecule has 5 nitrogen and oxygen atoms in total. The van der Waals surface area contributed by atoms with Crippen LogP contribution < -0.4 is 5.32 Å². The van der Waals surface area contributed by atoms with Crippen molar-refractivity contribution in [3.05, 3.63) is 0 Å². The van der Waals surface area contributed by atoms with Gasteiger partial charge in [0.2, 0.25) is 0 Å². The normalized spacial score (nSPS) is 22.2. The van der Waals surface area contributed by atoms with Crippen LogP contribution in [0, 0.1) is 0 Å². The number of nitrogens with zero attached hydrogens (tertiary/aromatic N) is 1. The summed E-state index contributed by atoms with van der Waals surface area (Å²) in [5.74, 6) is 0. The van der Waals surface area contributed by atoms with Crippen molar-refractivity contribution in [2.24, 2.45) is 0 Å². The van der Waals surface area contributed by atoms with Gasteiger partial charge in [0.25, 0.3) is 0 Å². The molecular formula is C12H26N2O3. The highest BCUT2D eigenvalue weighted by Gasteiger charge is 2.17. The maximum Gasteiger partial charge on any atom is 0.0900 e. The van der Waals surface area contributed by atoms with E-state index in [0.717, 1.165) is 13.1 Å². The summed E-state index contributed by atoms with van der Waals surface area (Å²) >= 11 is 0. The number of rotatable bonds is 9. The van der Waals surface area contributed by atoms with Gasteiger partial charge in [-0.15, -0.1) is 0 Å². The Hall–Kier alpha value is -0.200. The van der Waals surface area contributed by atoms with Crippen molar-refractivity contribution in [2.75, 3.05) is 53.6 Å².